The van der Waals surface area contributed by atoms with Gasteiger partial charge in [0.05, 0.1) is 0 Å². The number of Topliss-reactive ketones (excluding diaryl/α,β-unsaturated/α-hetero) is 1. The summed E-state index contributed by atoms with van der Waals surface area (Å²) < 4.78 is 0. The monoisotopic (exact) mass is 353 g/mol. The first-order valence-electron chi connectivity index (χ1n) is 9.23. The topological polar surface area (TPSA) is 62.8 Å². The minimum atomic E-state index is -0.0450. The van der Waals surface area contributed by atoms with Crippen molar-refractivity contribution in [2.75, 3.05) is 11.9 Å². The van der Waals surface area contributed by atoms with Crippen LogP contribution in [0.2, 0.25) is 0 Å². The van der Waals surface area contributed by atoms with Gasteiger partial charge in [-0.1, -0.05) is 45.0 Å². The first-order chi connectivity index (χ1) is 12.4. The van der Waals surface area contributed by atoms with Gasteiger partial charge in [-0.2, -0.15) is 0 Å². The molecule has 4 nitrogen and oxygen atoms in total. The van der Waals surface area contributed by atoms with Crippen molar-refractivity contribution in [1.29, 1.82) is 0 Å². The normalized spacial score (nSPS) is 12.0. The van der Waals surface area contributed by atoms with Crippen LogP contribution in [-0.4, -0.2) is 18.2 Å². The highest BCUT2D eigenvalue weighted by molar-refractivity contribution is 5.95. The van der Waals surface area contributed by atoms with Crippen molar-refractivity contribution in [3.05, 3.63) is 65.2 Å². The van der Waals surface area contributed by atoms with Crippen LogP contribution in [0, 0.1) is 5.92 Å². The van der Waals surface area contributed by atoms with Crippen LogP contribution in [0.4, 0.5) is 5.69 Å². The average Bonchev–Trinajstić information content (AvgIpc) is 2.62. The number of amides is 1. The molecule has 1 atom stereocenters. The molecule has 138 valence electrons. The van der Waals surface area contributed by atoms with Gasteiger partial charge in [0.15, 0.2) is 12.3 Å². The Morgan fingerprint density at radius 2 is 1.62 bits per heavy atom. The van der Waals surface area contributed by atoms with Gasteiger partial charge >= 0.3 is 0 Å². The number of hydrogen-bond donors (Lipinski definition) is 2. The number of anilines is 1. The van der Waals surface area contributed by atoms with E-state index in [2.05, 4.69) is 55.7 Å². The van der Waals surface area contributed by atoms with Gasteiger partial charge in [-0.25, -0.2) is 0 Å². The molecular formula is C22H29N2O2+. The minimum absolute atomic E-state index is 0.0186. The average molecular weight is 353 g/mol. The van der Waals surface area contributed by atoms with Crippen LogP contribution in [0.3, 0.4) is 0 Å². The van der Waals surface area contributed by atoms with E-state index in [4.69, 9.17) is 0 Å². The molecule has 2 aromatic carbocycles. The molecule has 2 aromatic rings. The number of carbonyl (C=O) groups excluding carboxylic acids is 2. The number of hydrogen-bond acceptors (Lipinski definition) is 2. The molecule has 0 spiro atoms. The summed E-state index contributed by atoms with van der Waals surface area (Å²) >= 11 is 0. The molecule has 0 aliphatic carbocycles. The number of carbonyl (C=O) groups is 2. The molecule has 0 heterocycles. The molecule has 2 rings (SSSR count). The van der Waals surface area contributed by atoms with Crippen LogP contribution in [0.15, 0.2) is 48.5 Å². The van der Waals surface area contributed by atoms with E-state index in [1.165, 1.54) is 18.1 Å². The fourth-order valence-electron chi connectivity index (χ4n) is 3.00. The Kier molecular flexibility index (Phi) is 7.10. The molecule has 3 N–H and O–H groups in total. The molecule has 1 amide bonds. The lowest BCUT2D eigenvalue weighted by Crippen LogP contribution is -2.88. The number of ketones is 1. The highest BCUT2D eigenvalue weighted by atomic mass is 16.2. The number of rotatable bonds is 8. The van der Waals surface area contributed by atoms with E-state index < -0.39 is 0 Å². The molecule has 26 heavy (non-hydrogen) atoms. The molecular weight excluding hydrogens is 324 g/mol. The summed E-state index contributed by atoms with van der Waals surface area (Å²) in [5.41, 5.74) is 3.92. The Hall–Kier alpha value is -2.46. The number of quaternary nitrogens is 1. The zero-order valence-electron chi connectivity index (χ0n) is 16.1. The number of nitrogens with one attached hydrogen (secondary N) is 1. The molecule has 0 bridgehead atoms. The maximum atomic E-state index is 12.3. The first-order valence-corrected chi connectivity index (χ1v) is 9.23. The predicted octanol–water partition coefficient (Wildman–Crippen LogP) is 3.35. The molecule has 0 aromatic heterocycles. The minimum Gasteiger partial charge on any atom is -0.332 e. The van der Waals surface area contributed by atoms with Crippen molar-refractivity contribution in [3.63, 3.8) is 0 Å². The van der Waals surface area contributed by atoms with Crippen LogP contribution < -0.4 is 10.6 Å². The third kappa shape index (κ3) is 5.53. The van der Waals surface area contributed by atoms with Crippen molar-refractivity contribution in [1.82, 2.24) is 0 Å². The summed E-state index contributed by atoms with van der Waals surface area (Å²) in [6, 6.07) is 15.9. The van der Waals surface area contributed by atoms with Crippen LogP contribution in [0.1, 0.15) is 55.2 Å². The smallest absolute Gasteiger partial charge is 0.279 e. The van der Waals surface area contributed by atoms with Crippen LogP contribution in [-0.2, 0) is 11.2 Å². The quantitative estimate of drug-likeness (QED) is 0.715. The van der Waals surface area contributed by atoms with Crippen molar-refractivity contribution in [2.45, 2.75) is 40.2 Å². The summed E-state index contributed by atoms with van der Waals surface area (Å²) in [5.74, 6) is 0.395. The molecule has 0 fully saturated rings. The Morgan fingerprint density at radius 3 is 2.12 bits per heavy atom. The largest absolute Gasteiger partial charge is 0.332 e. The number of nitrogens with two attached hydrogens (primary N) is 1. The predicted molar refractivity (Wildman–Crippen MR) is 105 cm³/mol. The summed E-state index contributed by atoms with van der Waals surface area (Å²) in [6.45, 7) is 8.38. The SMILES string of the molecule is CCc1ccc([C@@H]([NH2+]CC(=O)Nc2ccc(C(C)=O)cc2)C(C)C)cc1. The second-order valence-corrected chi connectivity index (χ2v) is 6.99. The standard InChI is InChI=1S/C22H28N2O2/c1-5-17-6-8-19(9-7-17)22(15(2)3)23-14-21(26)24-20-12-10-18(11-13-20)16(4)25/h6-13,15,22-23H,5,14H2,1-4H3,(H,24,26)/p+1/t22-/m0/s1. The van der Waals surface area contributed by atoms with Gasteiger partial charge in [0.1, 0.15) is 6.04 Å². The van der Waals surface area contributed by atoms with Gasteiger partial charge < -0.3 is 10.6 Å². The second-order valence-electron chi connectivity index (χ2n) is 6.99. The lowest BCUT2D eigenvalue weighted by atomic mass is 9.95. The highest BCUT2D eigenvalue weighted by Gasteiger charge is 2.20. The van der Waals surface area contributed by atoms with Gasteiger partial charge in [0.25, 0.3) is 5.91 Å². The van der Waals surface area contributed by atoms with E-state index in [1.54, 1.807) is 24.3 Å². The first kappa shape index (κ1) is 19.9. The highest BCUT2D eigenvalue weighted by Crippen LogP contribution is 2.18. The van der Waals surface area contributed by atoms with E-state index in [-0.39, 0.29) is 17.7 Å². The van der Waals surface area contributed by atoms with Gasteiger partial charge in [0.2, 0.25) is 0 Å². The van der Waals surface area contributed by atoms with Gasteiger partial charge in [-0.05, 0) is 43.2 Å². The number of aryl methyl sites for hydroxylation is 1. The lowest BCUT2D eigenvalue weighted by molar-refractivity contribution is -0.692. The third-order valence-corrected chi connectivity index (χ3v) is 4.62. The van der Waals surface area contributed by atoms with Crippen LogP contribution in [0.25, 0.3) is 0 Å². The number of benzene rings is 2. The molecule has 0 unspecified atom stereocenters. The summed E-state index contributed by atoms with van der Waals surface area (Å²) in [6.07, 6.45) is 1.03. The zero-order valence-corrected chi connectivity index (χ0v) is 16.1. The van der Waals surface area contributed by atoms with Gasteiger partial charge in [-0.15, -0.1) is 0 Å². The van der Waals surface area contributed by atoms with E-state index in [1.807, 2.05) is 0 Å². The van der Waals surface area contributed by atoms with E-state index in [0.29, 0.717) is 23.7 Å². The fraction of sp³-hybridized carbons (Fsp3) is 0.364. The van der Waals surface area contributed by atoms with Gasteiger partial charge in [-0.3, -0.25) is 9.59 Å². The van der Waals surface area contributed by atoms with Crippen molar-refractivity contribution in [3.8, 4) is 0 Å². The molecule has 0 aliphatic heterocycles. The fourth-order valence-corrected chi connectivity index (χ4v) is 3.00. The molecule has 4 heteroatoms. The summed E-state index contributed by atoms with van der Waals surface area (Å²) in [5, 5.41) is 4.98. The molecule has 0 radical (unpaired) electrons. The van der Waals surface area contributed by atoms with Crippen molar-refractivity contribution in [2.24, 2.45) is 5.92 Å². The Morgan fingerprint density at radius 1 is 1.00 bits per heavy atom. The van der Waals surface area contributed by atoms with E-state index in [9.17, 15) is 9.59 Å². The maximum Gasteiger partial charge on any atom is 0.279 e. The summed E-state index contributed by atoms with van der Waals surface area (Å²) in [7, 11) is 0. The Bertz CT molecular complexity index is 734. The molecule has 0 aliphatic rings. The van der Waals surface area contributed by atoms with Crippen LogP contribution in [0.5, 0.6) is 0 Å². The molecule has 0 saturated carbocycles. The molecule has 0 saturated heterocycles. The second kappa shape index (κ2) is 9.30. The van der Waals surface area contributed by atoms with Crippen molar-refractivity contribution < 1.29 is 14.9 Å². The van der Waals surface area contributed by atoms with Gasteiger partial charge in [0, 0.05) is 22.7 Å². The Balaban J connectivity index is 1.95. The third-order valence-electron chi connectivity index (χ3n) is 4.62. The van der Waals surface area contributed by atoms with Crippen LogP contribution >= 0.6 is 0 Å². The lowest BCUT2D eigenvalue weighted by Gasteiger charge is -2.20. The van der Waals surface area contributed by atoms with E-state index in [0.717, 1.165) is 6.42 Å². The van der Waals surface area contributed by atoms with E-state index >= 15 is 0 Å². The Labute approximate surface area is 156 Å². The summed E-state index contributed by atoms with van der Waals surface area (Å²) in [4.78, 5) is 23.6. The van der Waals surface area contributed by atoms with Crippen molar-refractivity contribution >= 4 is 17.4 Å². The maximum absolute atomic E-state index is 12.3. The zero-order chi connectivity index (χ0) is 19.1.